The van der Waals surface area contributed by atoms with Gasteiger partial charge in [0.15, 0.2) is 5.69 Å². The summed E-state index contributed by atoms with van der Waals surface area (Å²) in [6.07, 6.45) is 0. The van der Waals surface area contributed by atoms with Crippen molar-refractivity contribution >= 4 is 17.6 Å². The first-order valence-electron chi connectivity index (χ1n) is 3.51. The predicted molar refractivity (Wildman–Crippen MR) is 44.2 cm³/mol. The molecule has 0 aliphatic carbocycles. The Morgan fingerprint density at radius 3 is 2.92 bits per heavy atom. The van der Waals surface area contributed by atoms with Crippen LogP contribution >= 0.6 is 11.6 Å². The lowest BCUT2D eigenvalue weighted by molar-refractivity contribution is 0.0518. The molecule has 0 unspecified atom stereocenters. The van der Waals surface area contributed by atoms with Gasteiger partial charge < -0.3 is 4.74 Å². The second-order valence-electron chi connectivity index (χ2n) is 2.20. The molecule has 0 aromatic carbocycles. The highest BCUT2D eigenvalue weighted by Gasteiger charge is 2.11. The number of halogens is 1. The van der Waals surface area contributed by atoms with E-state index in [1.807, 2.05) is 0 Å². The van der Waals surface area contributed by atoms with Gasteiger partial charge in [0.1, 0.15) is 5.15 Å². The molecule has 66 valence electrons. The van der Waals surface area contributed by atoms with Crippen molar-refractivity contribution in [3.05, 3.63) is 16.9 Å². The monoisotopic (exact) mass is 188 g/mol. The number of carbonyl (C=O) groups excluding carboxylic acids is 1. The molecular weight excluding hydrogens is 180 g/mol. The van der Waals surface area contributed by atoms with Gasteiger partial charge in [-0.15, -0.1) is 0 Å². The fourth-order valence-corrected chi connectivity index (χ4v) is 0.890. The highest BCUT2D eigenvalue weighted by molar-refractivity contribution is 6.29. The lowest BCUT2D eigenvalue weighted by Crippen LogP contribution is -2.05. The lowest BCUT2D eigenvalue weighted by Gasteiger charge is -1.95. The molecule has 0 bridgehead atoms. The Bertz CT molecular complexity index is 276. The molecule has 0 spiro atoms. The summed E-state index contributed by atoms with van der Waals surface area (Å²) in [5.74, 6) is -0.444. The molecule has 0 aliphatic heterocycles. The largest absolute Gasteiger partial charge is 0.461 e. The third-order valence-corrected chi connectivity index (χ3v) is 1.66. The molecule has 0 saturated heterocycles. The van der Waals surface area contributed by atoms with E-state index >= 15 is 0 Å². The number of hydrogen-bond acceptors (Lipinski definition) is 3. The Kier molecular flexibility index (Phi) is 2.70. The van der Waals surface area contributed by atoms with Crippen LogP contribution in [0.2, 0.25) is 5.15 Å². The summed E-state index contributed by atoms with van der Waals surface area (Å²) in [6.45, 7) is 2.08. The molecule has 0 fully saturated rings. The molecular formula is C7H9ClN2O2. The first-order chi connectivity index (χ1) is 5.65. The van der Waals surface area contributed by atoms with Gasteiger partial charge in [0.05, 0.1) is 6.61 Å². The van der Waals surface area contributed by atoms with E-state index in [1.165, 1.54) is 10.7 Å². The van der Waals surface area contributed by atoms with Gasteiger partial charge in [-0.25, -0.2) is 4.79 Å². The zero-order valence-corrected chi connectivity index (χ0v) is 7.63. The van der Waals surface area contributed by atoms with Crippen molar-refractivity contribution in [3.8, 4) is 0 Å². The molecule has 1 aromatic rings. The number of esters is 1. The molecule has 12 heavy (non-hydrogen) atoms. The van der Waals surface area contributed by atoms with Gasteiger partial charge >= 0.3 is 5.97 Å². The van der Waals surface area contributed by atoms with Crippen molar-refractivity contribution < 1.29 is 9.53 Å². The number of ether oxygens (including phenoxy) is 1. The second-order valence-corrected chi connectivity index (χ2v) is 2.58. The molecule has 1 aromatic heterocycles. The Labute approximate surface area is 75.1 Å². The number of aromatic nitrogens is 2. The first kappa shape index (κ1) is 9.06. The zero-order chi connectivity index (χ0) is 9.14. The molecule has 1 rings (SSSR count). The molecule has 4 nitrogen and oxygen atoms in total. The first-order valence-corrected chi connectivity index (χ1v) is 3.89. The van der Waals surface area contributed by atoms with Gasteiger partial charge in [-0.05, 0) is 6.92 Å². The third kappa shape index (κ3) is 1.76. The molecule has 0 atom stereocenters. The summed E-state index contributed by atoms with van der Waals surface area (Å²) in [5, 5.41) is 4.25. The van der Waals surface area contributed by atoms with Gasteiger partial charge in [-0.3, -0.25) is 4.68 Å². The second kappa shape index (κ2) is 3.58. The van der Waals surface area contributed by atoms with E-state index in [0.717, 1.165) is 0 Å². The van der Waals surface area contributed by atoms with Crippen LogP contribution in [-0.4, -0.2) is 22.4 Å². The minimum absolute atomic E-state index is 0.240. The normalized spacial score (nSPS) is 9.92. The van der Waals surface area contributed by atoms with Crippen molar-refractivity contribution in [1.82, 2.24) is 9.78 Å². The van der Waals surface area contributed by atoms with Gasteiger partial charge in [-0.1, -0.05) is 11.6 Å². The molecule has 0 amide bonds. The van der Waals surface area contributed by atoms with Crippen molar-refractivity contribution in [1.29, 1.82) is 0 Å². The van der Waals surface area contributed by atoms with Crippen LogP contribution in [0.15, 0.2) is 6.07 Å². The van der Waals surface area contributed by atoms with Crippen LogP contribution in [0.5, 0.6) is 0 Å². The van der Waals surface area contributed by atoms with Crippen molar-refractivity contribution in [2.24, 2.45) is 7.05 Å². The summed E-state index contributed by atoms with van der Waals surface area (Å²) in [4.78, 5) is 11.1. The topological polar surface area (TPSA) is 44.1 Å². The van der Waals surface area contributed by atoms with Crippen LogP contribution in [-0.2, 0) is 11.8 Å². The standard InChI is InChI=1S/C7H9ClN2O2/c1-3-12-7(11)5-4-6(8)10(2)9-5/h4H,3H2,1-2H3. The van der Waals surface area contributed by atoms with Crippen LogP contribution in [0.25, 0.3) is 0 Å². The zero-order valence-electron chi connectivity index (χ0n) is 6.87. The maximum Gasteiger partial charge on any atom is 0.358 e. The fraction of sp³-hybridized carbons (Fsp3) is 0.429. The highest BCUT2D eigenvalue weighted by Crippen LogP contribution is 2.09. The molecule has 0 aliphatic rings. The molecule has 1 heterocycles. The lowest BCUT2D eigenvalue weighted by atomic mass is 10.4. The smallest absolute Gasteiger partial charge is 0.358 e. The molecule has 0 N–H and O–H groups in total. The quantitative estimate of drug-likeness (QED) is 0.657. The van der Waals surface area contributed by atoms with Crippen molar-refractivity contribution in [3.63, 3.8) is 0 Å². The van der Waals surface area contributed by atoms with Crippen molar-refractivity contribution in [2.75, 3.05) is 6.61 Å². The van der Waals surface area contributed by atoms with Crippen LogP contribution in [0.4, 0.5) is 0 Å². The Hall–Kier alpha value is -1.03. The van der Waals surface area contributed by atoms with Crippen LogP contribution in [0, 0.1) is 0 Å². The Morgan fingerprint density at radius 1 is 1.83 bits per heavy atom. The van der Waals surface area contributed by atoms with Gasteiger partial charge in [0.2, 0.25) is 0 Å². The van der Waals surface area contributed by atoms with Crippen LogP contribution in [0.1, 0.15) is 17.4 Å². The van der Waals surface area contributed by atoms with Crippen LogP contribution < -0.4 is 0 Å². The Morgan fingerprint density at radius 2 is 2.50 bits per heavy atom. The Balaban J connectivity index is 2.82. The molecule has 5 heteroatoms. The van der Waals surface area contributed by atoms with E-state index in [-0.39, 0.29) is 5.69 Å². The fourth-order valence-electron chi connectivity index (χ4n) is 0.749. The minimum atomic E-state index is -0.444. The van der Waals surface area contributed by atoms with E-state index in [2.05, 4.69) is 5.10 Å². The van der Waals surface area contributed by atoms with Crippen LogP contribution in [0.3, 0.4) is 0 Å². The third-order valence-electron chi connectivity index (χ3n) is 1.31. The summed E-state index contributed by atoms with van der Waals surface area (Å²) >= 11 is 5.67. The number of hydrogen-bond donors (Lipinski definition) is 0. The summed E-state index contributed by atoms with van der Waals surface area (Å²) in [5.41, 5.74) is 0.240. The average molecular weight is 189 g/mol. The average Bonchev–Trinajstić information content (AvgIpc) is 2.33. The number of carbonyl (C=O) groups is 1. The van der Waals surface area contributed by atoms with Crippen molar-refractivity contribution in [2.45, 2.75) is 6.92 Å². The minimum Gasteiger partial charge on any atom is -0.461 e. The van der Waals surface area contributed by atoms with E-state index in [1.54, 1.807) is 14.0 Å². The maximum absolute atomic E-state index is 11.1. The van der Waals surface area contributed by atoms with Gasteiger partial charge in [-0.2, -0.15) is 5.10 Å². The highest BCUT2D eigenvalue weighted by atomic mass is 35.5. The van der Waals surface area contributed by atoms with E-state index in [9.17, 15) is 4.79 Å². The van der Waals surface area contributed by atoms with E-state index < -0.39 is 5.97 Å². The summed E-state index contributed by atoms with van der Waals surface area (Å²) in [6, 6.07) is 1.47. The van der Waals surface area contributed by atoms with E-state index in [0.29, 0.717) is 11.8 Å². The summed E-state index contributed by atoms with van der Waals surface area (Å²) in [7, 11) is 1.66. The molecule has 0 radical (unpaired) electrons. The molecule has 0 saturated carbocycles. The van der Waals surface area contributed by atoms with Gasteiger partial charge in [0.25, 0.3) is 0 Å². The predicted octanol–water partition coefficient (Wildman–Crippen LogP) is 1.25. The number of nitrogens with zero attached hydrogens (tertiary/aromatic N) is 2. The SMILES string of the molecule is CCOC(=O)c1cc(Cl)n(C)n1. The maximum atomic E-state index is 11.1. The van der Waals surface area contributed by atoms with Gasteiger partial charge in [0, 0.05) is 13.1 Å². The number of rotatable bonds is 2. The number of aryl methyl sites for hydroxylation is 1. The summed E-state index contributed by atoms with van der Waals surface area (Å²) < 4.78 is 6.13. The van der Waals surface area contributed by atoms with E-state index in [4.69, 9.17) is 16.3 Å².